The van der Waals surface area contributed by atoms with Gasteiger partial charge in [-0.05, 0) is 67.7 Å². The number of benzene rings is 2. The number of hydrogen-bond donors (Lipinski definition) is 1. The molecule has 0 saturated heterocycles. The van der Waals surface area contributed by atoms with E-state index in [-0.39, 0.29) is 0 Å². The molecule has 0 aliphatic carbocycles. The highest BCUT2D eigenvalue weighted by Gasteiger charge is 2.14. The molecule has 1 N–H and O–H groups in total. The molecule has 0 radical (unpaired) electrons. The summed E-state index contributed by atoms with van der Waals surface area (Å²) >= 11 is 5.92. The molecule has 2 nitrogen and oxygen atoms in total. The Labute approximate surface area is 154 Å². The van der Waals surface area contributed by atoms with Crippen molar-refractivity contribution >= 4 is 11.6 Å². The molecule has 1 heterocycles. The Morgan fingerprint density at radius 2 is 1.64 bits per heavy atom. The lowest BCUT2D eigenvalue weighted by molar-refractivity contribution is 0.436. The standard InChI is InChI=1S/C22H24ClNO/c23-21-10-8-18(9-11-21)12-14-24-15-13-20(22-7-4-16-25-22)17-19-5-2-1-3-6-19/h1-11,16,20,24H,12-15,17H2. The third-order valence-corrected chi connectivity index (χ3v) is 4.70. The molecule has 1 aromatic heterocycles. The Morgan fingerprint density at radius 1 is 0.840 bits per heavy atom. The summed E-state index contributed by atoms with van der Waals surface area (Å²) in [6, 6.07) is 22.8. The molecule has 0 spiro atoms. The van der Waals surface area contributed by atoms with E-state index in [0.29, 0.717) is 5.92 Å². The van der Waals surface area contributed by atoms with Crippen LogP contribution < -0.4 is 5.32 Å². The van der Waals surface area contributed by atoms with Gasteiger partial charge >= 0.3 is 0 Å². The Hall–Kier alpha value is -2.03. The molecule has 0 fully saturated rings. The molecule has 130 valence electrons. The molecule has 2 aromatic carbocycles. The molecule has 25 heavy (non-hydrogen) atoms. The molecule has 0 saturated carbocycles. The van der Waals surface area contributed by atoms with E-state index in [1.54, 1.807) is 6.26 Å². The van der Waals surface area contributed by atoms with Crippen LogP contribution in [0, 0.1) is 0 Å². The van der Waals surface area contributed by atoms with Gasteiger partial charge in [-0.1, -0.05) is 54.1 Å². The molecule has 0 aliphatic heterocycles. The van der Waals surface area contributed by atoms with E-state index >= 15 is 0 Å². The second-order valence-corrected chi connectivity index (χ2v) is 6.75. The molecular formula is C22H24ClNO. The van der Waals surface area contributed by atoms with Crippen molar-refractivity contribution in [1.82, 2.24) is 5.32 Å². The van der Waals surface area contributed by atoms with Crippen LogP contribution >= 0.6 is 11.6 Å². The van der Waals surface area contributed by atoms with Gasteiger partial charge in [-0.25, -0.2) is 0 Å². The number of hydrogen-bond acceptors (Lipinski definition) is 2. The van der Waals surface area contributed by atoms with Crippen LogP contribution in [0.25, 0.3) is 0 Å². The van der Waals surface area contributed by atoms with Crippen LogP contribution in [0.3, 0.4) is 0 Å². The molecular weight excluding hydrogens is 330 g/mol. The smallest absolute Gasteiger partial charge is 0.107 e. The van der Waals surface area contributed by atoms with Gasteiger partial charge in [-0.15, -0.1) is 0 Å². The lowest BCUT2D eigenvalue weighted by Crippen LogP contribution is -2.21. The van der Waals surface area contributed by atoms with Crippen molar-refractivity contribution in [3.05, 3.63) is 94.9 Å². The van der Waals surface area contributed by atoms with E-state index in [2.05, 4.69) is 53.8 Å². The average molecular weight is 354 g/mol. The zero-order chi connectivity index (χ0) is 17.3. The summed E-state index contributed by atoms with van der Waals surface area (Å²) in [6.45, 7) is 1.95. The Balaban J connectivity index is 1.46. The molecule has 3 aromatic rings. The molecule has 3 heteroatoms. The fourth-order valence-electron chi connectivity index (χ4n) is 3.05. The van der Waals surface area contributed by atoms with Gasteiger partial charge in [0.1, 0.15) is 5.76 Å². The number of halogens is 1. The highest BCUT2D eigenvalue weighted by molar-refractivity contribution is 6.30. The fraction of sp³-hybridized carbons (Fsp3) is 0.273. The molecule has 3 rings (SSSR count). The quantitative estimate of drug-likeness (QED) is 0.515. The summed E-state index contributed by atoms with van der Waals surface area (Å²) < 4.78 is 5.67. The number of furan rings is 1. The molecule has 1 unspecified atom stereocenters. The minimum Gasteiger partial charge on any atom is -0.469 e. The largest absolute Gasteiger partial charge is 0.469 e. The van der Waals surface area contributed by atoms with Gasteiger partial charge in [0.05, 0.1) is 6.26 Å². The van der Waals surface area contributed by atoms with E-state index in [1.807, 2.05) is 18.2 Å². The lowest BCUT2D eigenvalue weighted by atomic mass is 9.94. The third-order valence-electron chi connectivity index (χ3n) is 4.44. The zero-order valence-corrected chi connectivity index (χ0v) is 15.1. The maximum atomic E-state index is 5.92. The number of nitrogens with one attached hydrogen (secondary N) is 1. The first-order valence-electron chi connectivity index (χ1n) is 8.84. The maximum Gasteiger partial charge on any atom is 0.107 e. The summed E-state index contributed by atoms with van der Waals surface area (Å²) in [7, 11) is 0. The Morgan fingerprint density at radius 3 is 2.36 bits per heavy atom. The van der Waals surface area contributed by atoms with E-state index in [4.69, 9.17) is 16.0 Å². The van der Waals surface area contributed by atoms with E-state index in [0.717, 1.165) is 43.1 Å². The van der Waals surface area contributed by atoms with Crippen LogP contribution in [0.1, 0.15) is 29.2 Å². The SMILES string of the molecule is Clc1ccc(CCNCCC(Cc2ccccc2)c2ccco2)cc1. The monoisotopic (exact) mass is 353 g/mol. The van der Waals surface area contributed by atoms with Crippen molar-refractivity contribution < 1.29 is 4.42 Å². The molecule has 0 bridgehead atoms. The topological polar surface area (TPSA) is 25.2 Å². The van der Waals surface area contributed by atoms with E-state index in [9.17, 15) is 0 Å². The van der Waals surface area contributed by atoms with Crippen molar-refractivity contribution in [2.24, 2.45) is 0 Å². The van der Waals surface area contributed by atoms with Crippen molar-refractivity contribution in [1.29, 1.82) is 0 Å². The first-order chi connectivity index (χ1) is 12.3. The van der Waals surface area contributed by atoms with E-state index < -0.39 is 0 Å². The van der Waals surface area contributed by atoms with Gasteiger partial charge in [0.25, 0.3) is 0 Å². The van der Waals surface area contributed by atoms with Gasteiger partial charge in [-0.2, -0.15) is 0 Å². The summed E-state index contributed by atoms with van der Waals surface area (Å²) in [5, 5.41) is 4.34. The third kappa shape index (κ3) is 5.77. The fourth-order valence-corrected chi connectivity index (χ4v) is 3.18. The van der Waals surface area contributed by atoms with Crippen LogP contribution in [0.4, 0.5) is 0 Å². The normalized spacial score (nSPS) is 12.2. The van der Waals surface area contributed by atoms with Crippen molar-refractivity contribution in [2.75, 3.05) is 13.1 Å². The average Bonchev–Trinajstić information content (AvgIpc) is 3.17. The second kappa shape index (κ2) is 9.45. The summed E-state index contributed by atoms with van der Waals surface area (Å²) in [5.74, 6) is 1.48. The first kappa shape index (κ1) is 17.8. The predicted molar refractivity (Wildman–Crippen MR) is 104 cm³/mol. The molecule has 1 atom stereocenters. The van der Waals surface area contributed by atoms with Crippen molar-refractivity contribution in [3.63, 3.8) is 0 Å². The minimum atomic E-state index is 0.403. The van der Waals surface area contributed by atoms with Gasteiger partial charge < -0.3 is 9.73 Å². The molecule has 0 aliphatic rings. The van der Waals surface area contributed by atoms with Crippen LogP contribution in [0.15, 0.2) is 77.4 Å². The zero-order valence-electron chi connectivity index (χ0n) is 14.3. The van der Waals surface area contributed by atoms with Gasteiger partial charge in [0, 0.05) is 10.9 Å². The number of rotatable bonds is 9. The summed E-state index contributed by atoms with van der Waals surface area (Å²) in [5.41, 5.74) is 2.66. The van der Waals surface area contributed by atoms with Crippen LogP contribution in [0.5, 0.6) is 0 Å². The van der Waals surface area contributed by atoms with Crippen LogP contribution in [0.2, 0.25) is 5.02 Å². The first-order valence-corrected chi connectivity index (χ1v) is 9.21. The summed E-state index contributed by atoms with van der Waals surface area (Å²) in [6.07, 6.45) is 4.85. The minimum absolute atomic E-state index is 0.403. The van der Waals surface area contributed by atoms with Gasteiger partial charge in [-0.3, -0.25) is 0 Å². The van der Waals surface area contributed by atoms with E-state index in [1.165, 1.54) is 11.1 Å². The lowest BCUT2D eigenvalue weighted by Gasteiger charge is -2.15. The van der Waals surface area contributed by atoms with Crippen molar-refractivity contribution in [2.45, 2.75) is 25.2 Å². The van der Waals surface area contributed by atoms with Gasteiger partial charge in [0.15, 0.2) is 0 Å². The Bertz CT molecular complexity index is 722. The second-order valence-electron chi connectivity index (χ2n) is 6.32. The van der Waals surface area contributed by atoms with Crippen LogP contribution in [-0.4, -0.2) is 13.1 Å². The highest BCUT2D eigenvalue weighted by atomic mass is 35.5. The van der Waals surface area contributed by atoms with Crippen LogP contribution in [-0.2, 0) is 12.8 Å². The summed E-state index contributed by atoms with van der Waals surface area (Å²) in [4.78, 5) is 0. The molecule has 0 amide bonds. The van der Waals surface area contributed by atoms with Crippen molar-refractivity contribution in [3.8, 4) is 0 Å². The Kier molecular flexibility index (Phi) is 6.72. The van der Waals surface area contributed by atoms with Gasteiger partial charge in [0.2, 0.25) is 0 Å². The predicted octanol–water partition coefficient (Wildman–Crippen LogP) is 5.48. The highest BCUT2D eigenvalue weighted by Crippen LogP contribution is 2.24. The maximum absolute atomic E-state index is 5.92.